The van der Waals surface area contributed by atoms with E-state index < -0.39 is 25.6 Å². The van der Waals surface area contributed by atoms with Gasteiger partial charge in [-0.1, -0.05) is 40.8 Å². The zero-order valence-corrected chi connectivity index (χ0v) is 17.7. The van der Waals surface area contributed by atoms with Gasteiger partial charge in [0.15, 0.2) is 6.23 Å². The summed E-state index contributed by atoms with van der Waals surface area (Å²) in [6.07, 6.45) is -0.629. The Hall–Kier alpha value is -0.883. The van der Waals surface area contributed by atoms with Crippen molar-refractivity contribution in [3.05, 3.63) is 0 Å². The second-order valence-corrected chi connectivity index (χ2v) is 15.0. The number of carbonyl (C=O) groups is 2. The fourth-order valence-electron chi connectivity index (χ4n) is 3.17. The normalized spacial score (nSPS) is 23.5. The van der Waals surface area contributed by atoms with Gasteiger partial charge in [-0.15, -0.1) is 0 Å². The number of carbonyl (C=O) groups excluding carboxylic acids is 2. The first-order valence-corrected chi connectivity index (χ1v) is 11.9. The molecule has 1 saturated heterocycles. The minimum atomic E-state index is -2.04. The molecule has 0 aliphatic carbocycles. The highest BCUT2D eigenvalue weighted by atomic mass is 28.3. The second-order valence-electron chi connectivity index (χ2n) is 9.50. The van der Waals surface area contributed by atoms with E-state index in [-0.39, 0.29) is 29.1 Å². The highest BCUT2D eigenvalue weighted by Gasteiger charge is 2.57. The molecule has 1 aliphatic rings. The topological polar surface area (TPSA) is 75.6 Å². The largest absolute Gasteiger partial charge is 0.440 e. The quantitative estimate of drug-likeness (QED) is 0.435. The maximum atomic E-state index is 12.2. The average Bonchev–Trinajstić information content (AvgIpc) is 2.41. The van der Waals surface area contributed by atoms with Crippen LogP contribution in [0.2, 0.25) is 23.7 Å². The third kappa shape index (κ3) is 3.69. The van der Waals surface area contributed by atoms with Crippen LogP contribution < -0.4 is 5.32 Å². The molecule has 2 N–H and O–H groups in total. The first kappa shape index (κ1) is 21.2. The summed E-state index contributed by atoms with van der Waals surface area (Å²) in [6, 6.07) is 0. The second kappa shape index (κ2) is 6.79. The summed E-state index contributed by atoms with van der Waals surface area (Å²) in [5.41, 5.74) is -0.773. The van der Waals surface area contributed by atoms with Crippen LogP contribution in [0.15, 0.2) is 0 Å². The Bertz CT molecular complexity index is 494. The Kier molecular flexibility index (Phi) is 5.98. The Balaban J connectivity index is 3.06. The number of hydrogen-bond acceptors (Lipinski definition) is 4. The number of esters is 1. The van der Waals surface area contributed by atoms with Crippen LogP contribution in [0.1, 0.15) is 48.5 Å². The molecule has 140 valence electrons. The molecule has 0 spiro atoms. The van der Waals surface area contributed by atoms with Gasteiger partial charge in [0, 0.05) is 6.61 Å². The van der Waals surface area contributed by atoms with Gasteiger partial charge < -0.3 is 15.2 Å². The lowest BCUT2D eigenvalue weighted by molar-refractivity contribution is -0.177. The van der Waals surface area contributed by atoms with Crippen molar-refractivity contribution in [1.29, 1.82) is 0 Å². The average molecular weight is 358 g/mol. The molecule has 0 unspecified atom stereocenters. The van der Waals surface area contributed by atoms with Crippen LogP contribution >= 0.6 is 0 Å². The molecule has 0 bridgehead atoms. The zero-order chi connectivity index (χ0) is 19.1. The molecule has 0 aromatic carbocycles. The van der Waals surface area contributed by atoms with Crippen LogP contribution in [0.25, 0.3) is 0 Å². The molecule has 1 aliphatic heterocycles. The predicted molar refractivity (Wildman–Crippen MR) is 98.2 cm³/mol. The molecular weight excluding hydrogens is 322 g/mol. The maximum absolute atomic E-state index is 12.2. The Morgan fingerprint density at radius 1 is 1.25 bits per heavy atom. The van der Waals surface area contributed by atoms with E-state index in [0.717, 1.165) is 0 Å². The first-order chi connectivity index (χ1) is 10.7. The number of β-lactam (4-membered cyclic amide) rings is 1. The van der Waals surface area contributed by atoms with Gasteiger partial charge in [-0.25, -0.2) is 0 Å². The van der Waals surface area contributed by atoms with Crippen molar-refractivity contribution in [1.82, 2.24) is 5.32 Å². The minimum absolute atomic E-state index is 0.0366. The van der Waals surface area contributed by atoms with Gasteiger partial charge in [-0.2, -0.15) is 0 Å². The fourth-order valence-corrected chi connectivity index (χ4v) is 7.29. The van der Waals surface area contributed by atoms with Crippen LogP contribution in [-0.4, -0.2) is 37.9 Å². The number of aliphatic hydroxyl groups excluding tert-OH is 1. The van der Waals surface area contributed by atoms with Crippen molar-refractivity contribution in [3.63, 3.8) is 0 Å². The van der Waals surface area contributed by atoms with Crippen molar-refractivity contribution in [2.24, 2.45) is 17.3 Å². The number of amides is 1. The number of hydrogen-bond donors (Lipinski definition) is 2. The monoisotopic (exact) mass is 357 g/mol. The van der Waals surface area contributed by atoms with Crippen molar-refractivity contribution in [2.75, 3.05) is 6.61 Å². The molecule has 1 amide bonds. The molecule has 0 aromatic heterocycles. The summed E-state index contributed by atoms with van der Waals surface area (Å²) in [4.78, 5) is 24.4. The molecule has 3 atom stereocenters. The van der Waals surface area contributed by atoms with Gasteiger partial charge in [0.1, 0.15) is 0 Å². The Morgan fingerprint density at radius 2 is 1.75 bits per heavy atom. The molecule has 5 nitrogen and oxygen atoms in total. The van der Waals surface area contributed by atoms with E-state index in [1.54, 1.807) is 20.8 Å². The van der Waals surface area contributed by atoms with Gasteiger partial charge in [-0.05, 0) is 37.3 Å². The van der Waals surface area contributed by atoms with Crippen molar-refractivity contribution in [3.8, 4) is 0 Å². The van der Waals surface area contributed by atoms with Crippen LogP contribution in [-0.2, 0) is 14.3 Å². The van der Waals surface area contributed by atoms with Crippen LogP contribution in [0.4, 0.5) is 0 Å². The number of rotatable bonds is 6. The summed E-state index contributed by atoms with van der Waals surface area (Å²) in [5, 5.41) is 12.8. The maximum Gasteiger partial charge on any atom is 0.313 e. The lowest BCUT2D eigenvalue weighted by atomic mass is 9.93. The smallest absolute Gasteiger partial charge is 0.313 e. The van der Waals surface area contributed by atoms with Crippen molar-refractivity contribution >= 4 is 20.0 Å². The SMILES string of the molecule is CC(C)C(C)(C)[Si](C)(C)[C@@H](CO)[C@H]1C(=O)N[C@@H]1OC(=O)C(C)(C)C. The summed E-state index contributed by atoms with van der Waals surface area (Å²) in [6.45, 7) is 18.6. The van der Waals surface area contributed by atoms with Crippen LogP contribution in [0.5, 0.6) is 0 Å². The molecule has 0 aromatic rings. The molecule has 24 heavy (non-hydrogen) atoms. The van der Waals surface area contributed by atoms with Crippen LogP contribution in [0, 0.1) is 17.3 Å². The van der Waals surface area contributed by atoms with E-state index in [4.69, 9.17) is 4.74 Å². The number of nitrogens with one attached hydrogen (secondary N) is 1. The minimum Gasteiger partial charge on any atom is -0.440 e. The van der Waals surface area contributed by atoms with E-state index in [0.29, 0.717) is 5.92 Å². The van der Waals surface area contributed by atoms with E-state index in [1.807, 2.05) is 0 Å². The van der Waals surface area contributed by atoms with Crippen molar-refractivity contribution < 1.29 is 19.4 Å². The summed E-state index contributed by atoms with van der Waals surface area (Å²) in [7, 11) is -2.04. The van der Waals surface area contributed by atoms with Gasteiger partial charge >= 0.3 is 5.97 Å². The van der Waals surface area contributed by atoms with Gasteiger partial charge in [0.25, 0.3) is 0 Å². The Labute approximate surface area is 147 Å². The number of ether oxygens (including phenoxy) is 1. The lowest BCUT2D eigenvalue weighted by Crippen LogP contribution is -2.66. The van der Waals surface area contributed by atoms with E-state index in [9.17, 15) is 14.7 Å². The fraction of sp³-hybridized carbons (Fsp3) is 0.889. The molecule has 6 heteroatoms. The summed E-state index contributed by atoms with van der Waals surface area (Å²) >= 11 is 0. The highest BCUT2D eigenvalue weighted by Crippen LogP contribution is 2.53. The molecule has 0 radical (unpaired) electrons. The van der Waals surface area contributed by atoms with Gasteiger partial charge in [0.2, 0.25) is 5.91 Å². The van der Waals surface area contributed by atoms with Crippen molar-refractivity contribution in [2.45, 2.75) is 78.4 Å². The molecule has 1 heterocycles. The highest BCUT2D eigenvalue weighted by molar-refractivity contribution is 6.82. The van der Waals surface area contributed by atoms with Crippen LogP contribution in [0.3, 0.4) is 0 Å². The third-order valence-corrected chi connectivity index (χ3v) is 12.7. The summed E-state index contributed by atoms with van der Waals surface area (Å²) < 4.78 is 5.53. The van der Waals surface area contributed by atoms with E-state index in [1.165, 1.54) is 0 Å². The third-order valence-electron chi connectivity index (χ3n) is 6.42. The predicted octanol–water partition coefficient (Wildman–Crippen LogP) is 3.15. The molecule has 0 saturated carbocycles. The molecule has 1 rings (SSSR count). The standard InChI is InChI=1S/C18H35NO4Si/c1-11(2)18(6,7)24(8,9)12(10-20)13-14(21)19-15(13)23-16(22)17(3,4)5/h11-13,15,20H,10H2,1-9H3,(H,19,21)/t12-,13-,15+/m0/s1. The van der Waals surface area contributed by atoms with Gasteiger partial charge in [0.05, 0.1) is 19.4 Å². The first-order valence-electron chi connectivity index (χ1n) is 8.80. The number of aliphatic hydroxyl groups is 1. The molecular formula is C18H35NO4Si. The Morgan fingerprint density at radius 3 is 2.08 bits per heavy atom. The summed E-state index contributed by atoms with van der Waals surface area (Å²) in [5.74, 6) is -0.481. The molecule has 1 fully saturated rings. The van der Waals surface area contributed by atoms with E-state index in [2.05, 4.69) is 46.1 Å². The lowest BCUT2D eigenvalue weighted by Gasteiger charge is -2.52. The van der Waals surface area contributed by atoms with Gasteiger partial charge in [-0.3, -0.25) is 9.59 Å². The van der Waals surface area contributed by atoms with E-state index >= 15 is 0 Å². The zero-order valence-electron chi connectivity index (χ0n) is 16.7.